The molecular weight excluding hydrogens is 381 g/mol. The van der Waals surface area contributed by atoms with E-state index >= 15 is 0 Å². The maximum Gasteiger partial charge on any atom is 0.305 e. The van der Waals surface area contributed by atoms with Crippen molar-refractivity contribution in [2.75, 3.05) is 13.2 Å². The summed E-state index contributed by atoms with van der Waals surface area (Å²) in [6, 6.07) is 6.60. The number of carboxylic acid groups (broad SMARTS) is 1. The number of halogens is 2. The maximum absolute atomic E-state index is 12.6. The number of carboxylic acids is 1. The van der Waals surface area contributed by atoms with Gasteiger partial charge in [-0.25, -0.2) is 4.68 Å². The highest BCUT2D eigenvalue weighted by Gasteiger charge is 2.39. The first-order valence-corrected chi connectivity index (χ1v) is 8.69. The number of aryl methyl sites for hydroxylation is 1. The van der Waals surface area contributed by atoms with Gasteiger partial charge in [-0.2, -0.15) is 5.10 Å². The van der Waals surface area contributed by atoms with Gasteiger partial charge in [-0.3, -0.25) is 9.59 Å². The Kier molecular flexibility index (Phi) is 5.22. The van der Waals surface area contributed by atoms with Gasteiger partial charge in [0, 0.05) is 17.3 Å². The van der Waals surface area contributed by atoms with Gasteiger partial charge in [-0.15, -0.1) is 0 Å². The van der Waals surface area contributed by atoms with Gasteiger partial charge in [-0.05, 0) is 37.6 Å². The lowest BCUT2D eigenvalue weighted by molar-refractivity contribution is -0.138. The molecule has 1 fully saturated rings. The zero-order chi connectivity index (χ0) is 18.9. The molecular formula is C17H17Cl2N3O4. The lowest BCUT2D eigenvalue weighted by atomic mass is 9.94. The number of nitrogens with one attached hydrogen (secondary N) is 1. The van der Waals surface area contributed by atoms with Gasteiger partial charge >= 0.3 is 5.97 Å². The van der Waals surface area contributed by atoms with Crippen LogP contribution in [0.25, 0.3) is 5.69 Å². The molecule has 1 aromatic heterocycles. The van der Waals surface area contributed by atoms with Gasteiger partial charge < -0.3 is 15.2 Å². The largest absolute Gasteiger partial charge is 0.481 e. The number of benzene rings is 1. The van der Waals surface area contributed by atoms with E-state index in [2.05, 4.69) is 10.4 Å². The highest BCUT2D eigenvalue weighted by atomic mass is 35.5. The fourth-order valence-electron chi connectivity index (χ4n) is 2.97. The lowest BCUT2D eigenvalue weighted by Crippen LogP contribution is -2.50. The Balaban J connectivity index is 1.86. The van der Waals surface area contributed by atoms with Gasteiger partial charge in [0.2, 0.25) is 0 Å². The molecule has 1 aliphatic rings. The van der Waals surface area contributed by atoms with Crippen LogP contribution in [0.4, 0.5) is 0 Å². The number of ether oxygens (including phenoxy) is 1. The number of nitrogens with zero attached hydrogens (tertiary/aromatic N) is 2. The first kappa shape index (κ1) is 18.7. The van der Waals surface area contributed by atoms with Crippen molar-refractivity contribution >= 4 is 35.1 Å². The second kappa shape index (κ2) is 7.26. The summed E-state index contributed by atoms with van der Waals surface area (Å²) in [5.74, 6) is -1.45. The van der Waals surface area contributed by atoms with Crippen molar-refractivity contribution in [3.8, 4) is 5.69 Å². The summed E-state index contributed by atoms with van der Waals surface area (Å²) in [4.78, 5) is 23.8. The van der Waals surface area contributed by atoms with E-state index in [0.29, 0.717) is 34.5 Å². The van der Waals surface area contributed by atoms with Gasteiger partial charge in [-0.1, -0.05) is 23.2 Å². The Morgan fingerprint density at radius 2 is 2.15 bits per heavy atom. The molecule has 0 spiro atoms. The molecule has 1 amide bonds. The standard InChI is InChI=1S/C17H17Cl2N3O4/c1-10-6-13(21-22(10)14-3-2-11(18)7-12(14)19)16(25)20-17(8-15(23)24)4-5-26-9-17/h2-3,6-7H,4-5,8-9H2,1H3,(H,20,25)(H,23,24). The molecule has 0 bridgehead atoms. The van der Waals surface area contributed by atoms with E-state index in [1.807, 2.05) is 0 Å². The number of aromatic nitrogens is 2. The van der Waals surface area contributed by atoms with Crippen molar-refractivity contribution in [2.45, 2.75) is 25.3 Å². The first-order chi connectivity index (χ1) is 12.3. The summed E-state index contributed by atoms with van der Waals surface area (Å²) in [5, 5.41) is 17.1. The summed E-state index contributed by atoms with van der Waals surface area (Å²) in [6.45, 7) is 2.36. The van der Waals surface area contributed by atoms with Crippen molar-refractivity contribution in [2.24, 2.45) is 0 Å². The molecule has 9 heteroatoms. The molecule has 0 saturated carbocycles. The minimum absolute atomic E-state index is 0.160. The highest BCUT2D eigenvalue weighted by molar-refractivity contribution is 6.35. The number of hydrogen-bond acceptors (Lipinski definition) is 4. The van der Waals surface area contributed by atoms with Gasteiger partial charge in [0.05, 0.1) is 29.3 Å². The summed E-state index contributed by atoms with van der Waals surface area (Å²) in [6.07, 6.45) is 0.231. The third-order valence-corrected chi connectivity index (χ3v) is 4.77. The van der Waals surface area contributed by atoms with Crippen LogP contribution in [-0.2, 0) is 9.53 Å². The smallest absolute Gasteiger partial charge is 0.305 e. The minimum Gasteiger partial charge on any atom is -0.481 e. The van der Waals surface area contributed by atoms with Crippen LogP contribution in [-0.4, -0.2) is 45.5 Å². The minimum atomic E-state index is -0.995. The Hall–Kier alpha value is -2.09. The summed E-state index contributed by atoms with van der Waals surface area (Å²) < 4.78 is 6.83. The Morgan fingerprint density at radius 3 is 2.77 bits per heavy atom. The van der Waals surface area contributed by atoms with Crippen LogP contribution in [0, 0.1) is 6.92 Å². The zero-order valence-electron chi connectivity index (χ0n) is 14.0. The molecule has 0 radical (unpaired) electrons. The van der Waals surface area contributed by atoms with E-state index in [9.17, 15) is 9.59 Å². The van der Waals surface area contributed by atoms with E-state index in [1.54, 1.807) is 35.9 Å². The normalized spacial score (nSPS) is 19.5. The number of amides is 1. The molecule has 1 aliphatic heterocycles. The Labute approximate surface area is 159 Å². The van der Waals surface area contributed by atoms with Crippen LogP contribution in [0.2, 0.25) is 10.0 Å². The summed E-state index contributed by atoms with van der Waals surface area (Å²) in [5.41, 5.74) is 0.551. The van der Waals surface area contributed by atoms with Gasteiger partial charge in [0.1, 0.15) is 0 Å². The molecule has 1 saturated heterocycles. The van der Waals surface area contributed by atoms with Crippen molar-refractivity contribution < 1.29 is 19.4 Å². The molecule has 2 N–H and O–H groups in total. The fraction of sp³-hybridized carbons (Fsp3) is 0.353. The molecule has 2 heterocycles. The third-order valence-electron chi connectivity index (χ3n) is 4.23. The van der Waals surface area contributed by atoms with Crippen molar-refractivity contribution in [3.05, 3.63) is 45.7 Å². The quantitative estimate of drug-likeness (QED) is 0.808. The molecule has 7 nitrogen and oxygen atoms in total. The van der Waals surface area contributed by atoms with Crippen molar-refractivity contribution in [1.29, 1.82) is 0 Å². The molecule has 26 heavy (non-hydrogen) atoms. The summed E-state index contributed by atoms with van der Waals surface area (Å²) >= 11 is 12.1. The third kappa shape index (κ3) is 3.85. The van der Waals surface area contributed by atoms with Crippen molar-refractivity contribution in [1.82, 2.24) is 15.1 Å². The van der Waals surface area contributed by atoms with Crippen LogP contribution in [0.1, 0.15) is 29.0 Å². The highest BCUT2D eigenvalue weighted by Crippen LogP contribution is 2.26. The predicted molar refractivity (Wildman–Crippen MR) is 96.2 cm³/mol. The van der Waals surface area contributed by atoms with Crippen LogP contribution < -0.4 is 5.32 Å². The van der Waals surface area contributed by atoms with E-state index in [-0.39, 0.29) is 18.7 Å². The molecule has 138 valence electrons. The van der Waals surface area contributed by atoms with Gasteiger partial charge in [0.25, 0.3) is 5.91 Å². The zero-order valence-corrected chi connectivity index (χ0v) is 15.5. The average molecular weight is 398 g/mol. The number of hydrogen-bond donors (Lipinski definition) is 2. The second-order valence-electron chi connectivity index (χ2n) is 6.29. The molecule has 1 unspecified atom stereocenters. The number of carbonyl (C=O) groups is 2. The molecule has 0 aliphatic carbocycles. The first-order valence-electron chi connectivity index (χ1n) is 7.94. The molecule has 1 aromatic carbocycles. The van der Waals surface area contributed by atoms with E-state index in [4.69, 9.17) is 33.0 Å². The fourth-order valence-corrected chi connectivity index (χ4v) is 3.45. The predicted octanol–water partition coefficient (Wildman–Crippen LogP) is 2.85. The molecule has 3 rings (SSSR count). The lowest BCUT2D eigenvalue weighted by Gasteiger charge is -2.26. The summed E-state index contributed by atoms with van der Waals surface area (Å²) in [7, 11) is 0. The van der Waals surface area contributed by atoms with Crippen LogP contribution in [0.3, 0.4) is 0 Å². The second-order valence-corrected chi connectivity index (χ2v) is 7.13. The Morgan fingerprint density at radius 1 is 1.38 bits per heavy atom. The van der Waals surface area contributed by atoms with Crippen LogP contribution in [0.15, 0.2) is 24.3 Å². The average Bonchev–Trinajstić information content (AvgIpc) is 3.14. The van der Waals surface area contributed by atoms with Crippen LogP contribution >= 0.6 is 23.2 Å². The monoisotopic (exact) mass is 397 g/mol. The van der Waals surface area contributed by atoms with E-state index < -0.39 is 17.4 Å². The number of carbonyl (C=O) groups excluding carboxylic acids is 1. The number of aliphatic carboxylic acids is 1. The van der Waals surface area contributed by atoms with Gasteiger partial charge in [0.15, 0.2) is 5.69 Å². The SMILES string of the molecule is Cc1cc(C(=O)NC2(CC(=O)O)CCOC2)nn1-c1ccc(Cl)cc1Cl. The van der Waals surface area contributed by atoms with Crippen molar-refractivity contribution in [3.63, 3.8) is 0 Å². The maximum atomic E-state index is 12.6. The van der Waals surface area contributed by atoms with E-state index in [0.717, 1.165) is 0 Å². The van der Waals surface area contributed by atoms with Crippen LogP contribution in [0.5, 0.6) is 0 Å². The Bertz CT molecular complexity index is 860. The topological polar surface area (TPSA) is 93.5 Å². The number of rotatable bonds is 5. The van der Waals surface area contributed by atoms with E-state index in [1.165, 1.54) is 0 Å². The molecule has 1 atom stereocenters. The molecule has 2 aromatic rings.